The van der Waals surface area contributed by atoms with E-state index in [2.05, 4.69) is 143 Å². The fraction of sp³-hybridized carbons (Fsp3) is 0.174. The summed E-state index contributed by atoms with van der Waals surface area (Å²) in [6.07, 6.45) is 4.09. The molecule has 0 spiro atoms. The second-order valence-electron chi connectivity index (χ2n) is 14.1. The molecule has 8 heteroatoms. The smallest absolute Gasteiger partial charge is 0.261 e. The summed E-state index contributed by atoms with van der Waals surface area (Å²) in [7, 11) is 0. The zero-order chi connectivity index (χ0) is 36.6. The van der Waals surface area contributed by atoms with Crippen molar-refractivity contribution >= 4 is 28.4 Å². The van der Waals surface area contributed by atoms with E-state index in [1.165, 1.54) is 4.90 Å². The Hall–Kier alpha value is -6.38. The van der Waals surface area contributed by atoms with Gasteiger partial charge in [-0.15, -0.1) is 0 Å². The van der Waals surface area contributed by atoms with Crippen molar-refractivity contribution in [2.75, 3.05) is 44.2 Å². The van der Waals surface area contributed by atoms with Gasteiger partial charge < -0.3 is 4.90 Å². The summed E-state index contributed by atoms with van der Waals surface area (Å²) in [5, 5.41) is 6.40. The van der Waals surface area contributed by atoms with E-state index in [0.717, 1.165) is 76.3 Å². The first kappa shape index (κ1) is 33.5. The number of imide groups is 1. The maximum absolute atomic E-state index is 12.9. The Labute approximate surface area is 314 Å². The lowest BCUT2D eigenvalue weighted by molar-refractivity contribution is 0.0635. The van der Waals surface area contributed by atoms with Gasteiger partial charge in [0.2, 0.25) is 0 Å². The molecule has 2 amide bonds. The molecule has 0 aliphatic carbocycles. The number of pyridine rings is 1. The SMILES string of the molecule is Cc1nn(C(c2ccccc2)(c2ccccc2)c2ccccc2)cc1-c1ccc2nccc(N3CCN(CCN4C(=O)c5ccccc5C4=O)CC3)c2c1. The number of hydrogen-bond donors (Lipinski definition) is 0. The predicted octanol–water partition coefficient (Wildman–Crippen LogP) is 7.67. The van der Waals surface area contributed by atoms with E-state index in [0.29, 0.717) is 24.2 Å². The lowest BCUT2D eigenvalue weighted by atomic mass is 9.77. The Bertz CT molecular complexity index is 2340. The van der Waals surface area contributed by atoms with Crippen LogP contribution in [0.25, 0.3) is 22.0 Å². The number of piperazine rings is 1. The number of aromatic nitrogens is 3. The molecule has 8 nitrogen and oxygen atoms in total. The largest absolute Gasteiger partial charge is 0.368 e. The number of amides is 2. The molecular formula is C46H40N6O2. The van der Waals surface area contributed by atoms with Crippen molar-refractivity contribution in [3.05, 3.63) is 185 Å². The highest BCUT2D eigenvalue weighted by Crippen LogP contribution is 2.42. The molecule has 1 fully saturated rings. The van der Waals surface area contributed by atoms with Gasteiger partial charge in [0.05, 0.1) is 22.3 Å². The first-order chi connectivity index (χ1) is 26.5. The maximum atomic E-state index is 12.9. The van der Waals surface area contributed by atoms with Crippen LogP contribution in [0.15, 0.2) is 152 Å². The molecule has 2 aliphatic rings. The number of aryl methyl sites for hydroxylation is 1. The number of carbonyl (C=O) groups excluding carboxylic acids is 2. The molecule has 2 aromatic heterocycles. The normalized spacial score (nSPS) is 14.9. The lowest BCUT2D eigenvalue weighted by Gasteiger charge is -2.37. The van der Waals surface area contributed by atoms with Crippen molar-refractivity contribution in [3.8, 4) is 11.1 Å². The third-order valence-corrected chi connectivity index (χ3v) is 11.1. The van der Waals surface area contributed by atoms with Gasteiger partial charge in [-0.25, -0.2) is 0 Å². The lowest BCUT2D eigenvalue weighted by Crippen LogP contribution is -2.49. The number of fused-ring (bicyclic) bond motifs is 2. The van der Waals surface area contributed by atoms with Gasteiger partial charge in [0, 0.05) is 68.3 Å². The minimum Gasteiger partial charge on any atom is -0.368 e. The van der Waals surface area contributed by atoms with Crippen LogP contribution in [0, 0.1) is 6.92 Å². The summed E-state index contributed by atoms with van der Waals surface area (Å²) in [6.45, 7) is 6.46. The van der Waals surface area contributed by atoms with E-state index in [-0.39, 0.29) is 11.8 Å². The van der Waals surface area contributed by atoms with Crippen LogP contribution in [0.4, 0.5) is 5.69 Å². The monoisotopic (exact) mass is 708 g/mol. The number of benzene rings is 5. The zero-order valence-corrected chi connectivity index (χ0v) is 30.2. The summed E-state index contributed by atoms with van der Waals surface area (Å²) in [6, 6.07) is 47.6. The molecule has 266 valence electrons. The van der Waals surface area contributed by atoms with Crippen LogP contribution in [0.1, 0.15) is 43.1 Å². The van der Waals surface area contributed by atoms with Crippen molar-refractivity contribution in [3.63, 3.8) is 0 Å². The Balaban J connectivity index is 1.01. The molecule has 7 aromatic rings. The fourth-order valence-electron chi connectivity index (χ4n) is 8.32. The van der Waals surface area contributed by atoms with Crippen molar-refractivity contribution < 1.29 is 9.59 Å². The topological polar surface area (TPSA) is 74.6 Å². The van der Waals surface area contributed by atoms with Crippen molar-refractivity contribution in [2.45, 2.75) is 12.5 Å². The first-order valence-electron chi connectivity index (χ1n) is 18.6. The summed E-state index contributed by atoms with van der Waals surface area (Å²) in [5.74, 6) is -0.389. The number of carbonyl (C=O) groups is 2. The van der Waals surface area contributed by atoms with Crippen LogP contribution in [-0.4, -0.2) is 75.6 Å². The van der Waals surface area contributed by atoms with Gasteiger partial charge in [-0.2, -0.15) is 5.10 Å². The summed E-state index contributed by atoms with van der Waals surface area (Å²) in [4.78, 5) is 36.7. The van der Waals surface area contributed by atoms with E-state index >= 15 is 0 Å². The third kappa shape index (κ3) is 5.67. The molecular weight excluding hydrogens is 669 g/mol. The third-order valence-electron chi connectivity index (χ3n) is 11.1. The van der Waals surface area contributed by atoms with Crippen molar-refractivity contribution in [1.29, 1.82) is 0 Å². The van der Waals surface area contributed by atoms with Crippen LogP contribution in [0.3, 0.4) is 0 Å². The van der Waals surface area contributed by atoms with E-state index in [1.807, 2.05) is 6.20 Å². The highest BCUT2D eigenvalue weighted by molar-refractivity contribution is 6.21. The van der Waals surface area contributed by atoms with Gasteiger partial charge in [-0.05, 0) is 59.5 Å². The number of hydrogen-bond acceptors (Lipinski definition) is 6. The average Bonchev–Trinajstić information content (AvgIpc) is 3.74. The molecule has 0 atom stereocenters. The van der Waals surface area contributed by atoms with Gasteiger partial charge in [0.1, 0.15) is 5.54 Å². The number of rotatable bonds is 9. The highest BCUT2D eigenvalue weighted by atomic mass is 16.2. The average molecular weight is 709 g/mol. The second kappa shape index (κ2) is 13.9. The first-order valence-corrected chi connectivity index (χ1v) is 18.6. The Morgan fingerprint density at radius 3 is 1.74 bits per heavy atom. The maximum Gasteiger partial charge on any atom is 0.261 e. The Kier molecular flexibility index (Phi) is 8.60. The number of nitrogens with zero attached hydrogens (tertiary/aromatic N) is 6. The van der Waals surface area contributed by atoms with Crippen LogP contribution in [-0.2, 0) is 5.54 Å². The van der Waals surface area contributed by atoms with Crippen LogP contribution in [0.5, 0.6) is 0 Å². The Morgan fingerprint density at radius 1 is 0.611 bits per heavy atom. The van der Waals surface area contributed by atoms with E-state index in [1.54, 1.807) is 24.3 Å². The van der Waals surface area contributed by atoms with Gasteiger partial charge in [0.15, 0.2) is 0 Å². The van der Waals surface area contributed by atoms with E-state index in [9.17, 15) is 9.59 Å². The minimum absolute atomic E-state index is 0.194. The number of anilines is 1. The molecule has 5 aromatic carbocycles. The highest BCUT2D eigenvalue weighted by Gasteiger charge is 2.40. The van der Waals surface area contributed by atoms with Gasteiger partial charge in [0.25, 0.3) is 11.8 Å². The standard InChI is InChI=1S/C46H40N6O2/c1-33-41(32-52(48-33)46(35-13-5-2-6-14-35,36-15-7-3-8-16-36)37-17-9-4-10-18-37)34-21-22-42-40(31-34)43(23-24-47-42)50-28-25-49(26-29-50)27-30-51-44(53)38-19-11-12-20-39(38)45(51)54/h2-24,31-32H,25-30H2,1H3. The zero-order valence-electron chi connectivity index (χ0n) is 30.2. The molecule has 2 aliphatic heterocycles. The second-order valence-corrected chi connectivity index (χ2v) is 14.1. The van der Waals surface area contributed by atoms with Gasteiger partial charge in [-0.1, -0.05) is 109 Å². The van der Waals surface area contributed by atoms with E-state index < -0.39 is 5.54 Å². The predicted molar refractivity (Wildman–Crippen MR) is 213 cm³/mol. The van der Waals surface area contributed by atoms with E-state index in [4.69, 9.17) is 10.1 Å². The van der Waals surface area contributed by atoms with Crippen LogP contribution < -0.4 is 4.90 Å². The molecule has 0 saturated carbocycles. The van der Waals surface area contributed by atoms with Gasteiger partial charge in [-0.3, -0.25) is 29.1 Å². The van der Waals surface area contributed by atoms with Gasteiger partial charge >= 0.3 is 0 Å². The quantitative estimate of drug-likeness (QED) is 0.113. The molecule has 0 unspecified atom stereocenters. The molecule has 1 saturated heterocycles. The fourth-order valence-corrected chi connectivity index (χ4v) is 8.32. The molecule has 54 heavy (non-hydrogen) atoms. The van der Waals surface area contributed by atoms with Crippen molar-refractivity contribution in [1.82, 2.24) is 24.6 Å². The summed E-state index contributed by atoms with van der Waals surface area (Å²) in [5.41, 5.74) is 8.88. The molecule has 0 radical (unpaired) electrons. The summed E-state index contributed by atoms with van der Waals surface area (Å²) >= 11 is 0. The molecule has 0 bridgehead atoms. The van der Waals surface area contributed by atoms with Crippen LogP contribution >= 0.6 is 0 Å². The molecule has 9 rings (SSSR count). The van der Waals surface area contributed by atoms with Crippen LogP contribution in [0.2, 0.25) is 0 Å². The Morgan fingerprint density at radius 2 is 1.17 bits per heavy atom. The summed E-state index contributed by atoms with van der Waals surface area (Å²) < 4.78 is 2.15. The minimum atomic E-state index is -0.699. The molecule has 0 N–H and O–H groups in total. The van der Waals surface area contributed by atoms with Crippen molar-refractivity contribution in [2.24, 2.45) is 0 Å². The molecule has 4 heterocycles.